The van der Waals surface area contributed by atoms with Crippen LogP contribution >= 0.6 is 15.9 Å². The second-order valence-electron chi connectivity index (χ2n) is 3.19. The molecule has 2 atom stereocenters. The van der Waals surface area contributed by atoms with Crippen molar-refractivity contribution >= 4 is 15.9 Å². The molecule has 2 rings (SSSR count). The average Bonchev–Trinajstić information content (AvgIpc) is 2.32. The highest BCUT2D eigenvalue weighted by Crippen LogP contribution is 2.35. The predicted octanol–water partition coefficient (Wildman–Crippen LogP) is 2.16. The first kappa shape index (κ1) is 7.56. The van der Waals surface area contributed by atoms with Crippen molar-refractivity contribution in [2.75, 3.05) is 0 Å². The molecule has 60 valence electrons. The van der Waals surface area contributed by atoms with Gasteiger partial charge in [0.2, 0.25) is 0 Å². The van der Waals surface area contributed by atoms with E-state index in [0.29, 0.717) is 4.83 Å². The van der Waals surface area contributed by atoms with E-state index in [1.165, 1.54) is 11.1 Å². The van der Waals surface area contributed by atoms with Gasteiger partial charge in [-0.25, -0.2) is 0 Å². The maximum atomic E-state index is 9.49. The molecule has 0 aromatic carbocycles. The van der Waals surface area contributed by atoms with Crippen LogP contribution in [0.4, 0.5) is 0 Å². The summed E-state index contributed by atoms with van der Waals surface area (Å²) < 4.78 is 0. The highest BCUT2D eigenvalue weighted by Gasteiger charge is 2.24. The maximum absolute atomic E-state index is 9.49. The second kappa shape index (κ2) is 2.76. The van der Waals surface area contributed by atoms with E-state index >= 15 is 0 Å². The Morgan fingerprint density at radius 1 is 1.55 bits per heavy atom. The fourth-order valence-electron chi connectivity index (χ4n) is 1.81. The van der Waals surface area contributed by atoms with Gasteiger partial charge in [-0.05, 0) is 24.8 Å². The van der Waals surface area contributed by atoms with Gasteiger partial charge in [0.05, 0.1) is 6.10 Å². The van der Waals surface area contributed by atoms with E-state index in [0.717, 1.165) is 19.3 Å². The lowest BCUT2D eigenvalue weighted by Gasteiger charge is -2.13. The van der Waals surface area contributed by atoms with Crippen LogP contribution in [0.1, 0.15) is 19.3 Å². The van der Waals surface area contributed by atoms with Gasteiger partial charge in [-0.3, -0.25) is 0 Å². The van der Waals surface area contributed by atoms with Crippen LogP contribution in [0.2, 0.25) is 0 Å². The zero-order valence-electron chi connectivity index (χ0n) is 6.26. The average molecular weight is 215 g/mol. The first-order valence-corrected chi connectivity index (χ1v) is 4.91. The maximum Gasteiger partial charge on any atom is 0.0792 e. The van der Waals surface area contributed by atoms with E-state index in [-0.39, 0.29) is 6.10 Å². The standard InChI is InChI=1S/C9H11BrO/c10-7-2-3-8-6(5-7)1-4-9(8)11/h2-3,7,9,11H,1,4-5H2. The summed E-state index contributed by atoms with van der Waals surface area (Å²) >= 11 is 3.54. The summed E-state index contributed by atoms with van der Waals surface area (Å²) in [7, 11) is 0. The monoisotopic (exact) mass is 214 g/mol. The fraction of sp³-hybridized carbons (Fsp3) is 0.556. The van der Waals surface area contributed by atoms with Crippen LogP contribution in [-0.2, 0) is 0 Å². The minimum absolute atomic E-state index is 0.179. The van der Waals surface area contributed by atoms with Crippen molar-refractivity contribution in [1.82, 2.24) is 0 Å². The first-order chi connectivity index (χ1) is 5.27. The van der Waals surface area contributed by atoms with Crippen molar-refractivity contribution in [2.24, 2.45) is 0 Å². The molecule has 11 heavy (non-hydrogen) atoms. The Bertz CT molecular complexity index is 230. The molecule has 0 amide bonds. The molecule has 2 aliphatic rings. The topological polar surface area (TPSA) is 20.2 Å². The van der Waals surface area contributed by atoms with Gasteiger partial charge in [0.25, 0.3) is 0 Å². The van der Waals surface area contributed by atoms with Gasteiger partial charge < -0.3 is 5.11 Å². The number of alkyl halides is 1. The van der Waals surface area contributed by atoms with E-state index in [1.54, 1.807) is 0 Å². The Morgan fingerprint density at radius 3 is 3.18 bits per heavy atom. The molecular formula is C9H11BrO. The number of halogens is 1. The molecule has 0 spiro atoms. The van der Waals surface area contributed by atoms with Crippen molar-refractivity contribution < 1.29 is 5.11 Å². The van der Waals surface area contributed by atoms with Gasteiger partial charge in [0.15, 0.2) is 0 Å². The van der Waals surface area contributed by atoms with Gasteiger partial charge in [-0.2, -0.15) is 0 Å². The Morgan fingerprint density at radius 2 is 2.36 bits per heavy atom. The Labute approximate surface area is 74.9 Å². The Kier molecular flexibility index (Phi) is 1.90. The van der Waals surface area contributed by atoms with Crippen LogP contribution in [0.15, 0.2) is 23.3 Å². The third-order valence-corrected chi connectivity index (χ3v) is 3.04. The van der Waals surface area contributed by atoms with Crippen LogP contribution in [0.25, 0.3) is 0 Å². The Hall–Kier alpha value is -0.0800. The molecule has 0 bridgehead atoms. The van der Waals surface area contributed by atoms with Crippen LogP contribution in [0.5, 0.6) is 0 Å². The summed E-state index contributed by atoms with van der Waals surface area (Å²) in [6, 6.07) is 0. The molecule has 0 saturated heterocycles. The van der Waals surface area contributed by atoms with E-state index in [2.05, 4.69) is 28.1 Å². The van der Waals surface area contributed by atoms with E-state index in [9.17, 15) is 5.11 Å². The fourth-order valence-corrected chi connectivity index (χ4v) is 2.35. The van der Waals surface area contributed by atoms with Gasteiger partial charge in [0, 0.05) is 4.83 Å². The number of aliphatic hydroxyl groups excluding tert-OH is 1. The van der Waals surface area contributed by atoms with Gasteiger partial charge in [0.1, 0.15) is 0 Å². The molecule has 0 aromatic heterocycles. The largest absolute Gasteiger partial charge is 0.388 e. The third kappa shape index (κ3) is 1.30. The number of hydrogen-bond acceptors (Lipinski definition) is 1. The smallest absolute Gasteiger partial charge is 0.0792 e. The van der Waals surface area contributed by atoms with Crippen LogP contribution < -0.4 is 0 Å². The van der Waals surface area contributed by atoms with E-state index in [1.807, 2.05) is 0 Å². The van der Waals surface area contributed by atoms with Crippen molar-refractivity contribution in [1.29, 1.82) is 0 Å². The van der Waals surface area contributed by atoms with E-state index < -0.39 is 0 Å². The number of aliphatic hydroxyl groups is 1. The normalized spacial score (nSPS) is 36.2. The third-order valence-electron chi connectivity index (χ3n) is 2.41. The SMILES string of the molecule is OC1CCC2=C1C=CC(Br)C2. The molecule has 0 saturated carbocycles. The molecule has 0 fully saturated rings. The molecule has 2 heteroatoms. The Balaban J connectivity index is 2.25. The molecule has 1 N–H and O–H groups in total. The summed E-state index contributed by atoms with van der Waals surface area (Å²) in [5.41, 5.74) is 2.63. The van der Waals surface area contributed by atoms with Crippen LogP contribution in [0, 0.1) is 0 Å². The lowest BCUT2D eigenvalue weighted by molar-refractivity contribution is 0.215. The summed E-state index contributed by atoms with van der Waals surface area (Å²) in [6.45, 7) is 0. The molecule has 1 nitrogen and oxygen atoms in total. The summed E-state index contributed by atoms with van der Waals surface area (Å²) in [5, 5.41) is 9.49. The van der Waals surface area contributed by atoms with Gasteiger partial charge >= 0.3 is 0 Å². The number of allylic oxidation sites excluding steroid dienone is 2. The zero-order chi connectivity index (χ0) is 7.84. The minimum Gasteiger partial charge on any atom is -0.388 e. The molecule has 0 radical (unpaired) electrons. The molecule has 0 aliphatic heterocycles. The molecule has 2 unspecified atom stereocenters. The highest BCUT2D eigenvalue weighted by atomic mass is 79.9. The van der Waals surface area contributed by atoms with Gasteiger partial charge in [-0.15, -0.1) is 0 Å². The van der Waals surface area contributed by atoms with Crippen molar-refractivity contribution in [3.05, 3.63) is 23.3 Å². The lowest BCUT2D eigenvalue weighted by atomic mass is 10.00. The molecule has 0 aromatic rings. The molecule has 2 aliphatic carbocycles. The second-order valence-corrected chi connectivity index (χ2v) is 4.37. The number of hydrogen-bond donors (Lipinski definition) is 1. The quantitative estimate of drug-likeness (QED) is 0.614. The first-order valence-electron chi connectivity index (χ1n) is 3.99. The molecular weight excluding hydrogens is 204 g/mol. The van der Waals surface area contributed by atoms with Crippen molar-refractivity contribution in [2.45, 2.75) is 30.2 Å². The predicted molar refractivity (Wildman–Crippen MR) is 48.7 cm³/mol. The van der Waals surface area contributed by atoms with Crippen molar-refractivity contribution in [3.8, 4) is 0 Å². The zero-order valence-corrected chi connectivity index (χ0v) is 7.84. The van der Waals surface area contributed by atoms with Crippen LogP contribution in [-0.4, -0.2) is 16.0 Å². The summed E-state index contributed by atoms with van der Waals surface area (Å²) in [5.74, 6) is 0. The minimum atomic E-state index is -0.179. The van der Waals surface area contributed by atoms with E-state index in [4.69, 9.17) is 0 Å². The highest BCUT2D eigenvalue weighted by molar-refractivity contribution is 9.09. The van der Waals surface area contributed by atoms with Gasteiger partial charge in [-0.1, -0.05) is 33.7 Å². The molecule has 0 heterocycles. The lowest BCUT2D eigenvalue weighted by Crippen LogP contribution is -2.07. The summed E-state index contributed by atoms with van der Waals surface area (Å²) in [6.07, 6.45) is 7.10. The summed E-state index contributed by atoms with van der Waals surface area (Å²) in [4.78, 5) is 0.492. The number of rotatable bonds is 0. The van der Waals surface area contributed by atoms with Crippen LogP contribution in [0.3, 0.4) is 0 Å². The van der Waals surface area contributed by atoms with Crippen molar-refractivity contribution in [3.63, 3.8) is 0 Å².